The van der Waals surface area contributed by atoms with Crippen molar-refractivity contribution >= 4 is 34.5 Å². The van der Waals surface area contributed by atoms with Gasteiger partial charge in [-0.3, -0.25) is 24.5 Å². The van der Waals surface area contributed by atoms with Crippen LogP contribution in [0.2, 0.25) is 0 Å². The van der Waals surface area contributed by atoms with Gasteiger partial charge >= 0.3 is 12.1 Å². The van der Waals surface area contributed by atoms with Gasteiger partial charge in [0.2, 0.25) is 0 Å². The highest BCUT2D eigenvalue weighted by Crippen LogP contribution is 2.44. The van der Waals surface area contributed by atoms with E-state index < -0.39 is 71.5 Å². The summed E-state index contributed by atoms with van der Waals surface area (Å²) in [5.74, 6) is 2.55. The van der Waals surface area contributed by atoms with Gasteiger partial charge < -0.3 is 33.7 Å². The second-order valence-electron chi connectivity index (χ2n) is 17.5. The molecule has 0 saturated carbocycles. The second kappa shape index (κ2) is 17.7. The van der Waals surface area contributed by atoms with Crippen molar-refractivity contribution < 1.29 is 43.2 Å². The van der Waals surface area contributed by atoms with Crippen LogP contribution in [0.4, 0.5) is 4.79 Å². The van der Waals surface area contributed by atoms with Crippen LogP contribution >= 0.6 is 0 Å². The van der Waals surface area contributed by atoms with Crippen LogP contribution in [0.1, 0.15) is 86.6 Å². The minimum atomic E-state index is -1.25. The van der Waals surface area contributed by atoms with Crippen molar-refractivity contribution in [3.8, 4) is 11.8 Å². The van der Waals surface area contributed by atoms with E-state index >= 15 is 0 Å². The van der Waals surface area contributed by atoms with Crippen LogP contribution in [0.3, 0.4) is 0 Å². The summed E-state index contributed by atoms with van der Waals surface area (Å²) in [6.07, 6.45) is -0.986. The van der Waals surface area contributed by atoms with Gasteiger partial charge in [0, 0.05) is 47.3 Å². The largest absolute Gasteiger partial charge is 0.457 e. The predicted molar refractivity (Wildman–Crippen MR) is 219 cm³/mol. The zero-order chi connectivity index (χ0) is 42.1. The maximum Gasteiger partial charge on any atom is 0.410 e. The van der Waals surface area contributed by atoms with E-state index in [4.69, 9.17) is 28.7 Å². The predicted octanol–water partition coefficient (Wildman–Crippen LogP) is 5.44. The maximum atomic E-state index is 14.6. The smallest absolute Gasteiger partial charge is 0.410 e. The van der Waals surface area contributed by atoms with E-state index in [1.54, 1.807) is 24.9 Å². The third kappa shape index (κ3) is 8.68. The molecule has 1 N–H and O–H groups in total. The number of carbonyl (C=O) groups excluding carboxylic acids is 3. The molecule has 316 valence electrons. The Bertz CT molecular complexity index is 1930. The Balaban J connectivity index is 1.43. The van der Waals surface area contributed by atoms with E-state index in [-0.39, 0.29) is 30.6 Å². The van der Waals surface area contributed by atoms with Crippen LogP contribution in [0, 0.1) is 35.5 Å². The van der Waals surface area contributed by atoms with E-state index in [1.807, 2.05) is 83.9 Å². The van der Waals surface area contributed by atoms with Crippen molar-refractivity contribution in [3.05, 3.63) is 42.1 Å². The molecular formula is C45H62N4O9. The van der Waals surface area contributed by atoms with Crippen LogP contribution in [0.25, 0.3) is 10.9 Å². The number of aliphatic hydroxyl groups is 1. The SMILES string of the molecule is CCC[C@@H]1OC(=O)[C@H](C)C(=O)[C@H](C)[C@@H](O[C@H]2O[C@@H](C)C[C@@H](N(C)C)C2O)[C@@](C)(OCC#Cc2cnc3ccccc3c2)C[C@@H](C)C2=NCCN3C(=O)O[C@@]1(C)[C@H]3[C@@H]2C. The highest BCUT2D eigenvalue weighted by atomic mass is 16.7. The molecule has 5 heterocycles. The number of rotatable bonds is 7. The fourth-order valence-electron chi connectivity index (χ4n) is 9.84. The number of ketones is 1. The average Bonchev–Trinajstić information content (AvgIpc) is 3.31. The molecule has 0 aliphatic carbocycles. The minimum absolute atomic E-state index is 0.0310. The molecule has 1 amide bonds. The molecule has 3 saturated heterocycles. The lowest BCUT2D eigenvalue weighted by Gasteiger charge is -2.47. The van der Waals surface area contributed by atoms with Crippen molar-refractivity contribution in [3.63, 3.8) is 0 Å². The number of pyridine rings is 1. The van der Waals surface area contributed by atoms with Gasteiger partial charge in [0.1, 0.15) is 24.7 Å². The Kier molecular flexibility index (Phi) is 13.3. The molecule has 0 radical (unpaired) electrons. The number of cyclic esters (lactones) is 1. The maximum absolute atomic E-state index is 14.6. The first-order chi connectivity index (χ1) is 27.5. The molecule has 2 aromatic rings. The quantitative estimate of drug-likeness (QED) is 0.217. The van der Waals surface area contributed by atoms with E-state index in [1.165, 1.54) is 0 Å². The third-order valence-electron chi connectivity index (χ3n) is 12.8. The van der Waals surface area contributed by atoms with Crippen molar-refractivity contribution in [1.82, 2.24) is 14.8 Å². The van der Waals surface area contributed by atoms with Gasteiger partial charge in [0.25, 0.3) is 0 Å². The molecule has 3 fully saturated rings. The highest BCUT2D eigenvalue weighted by Gasteiger charge is 2.60. The van der Waals surface area contributed by atoms with E-state index in [9.17, 15) is 19.5 Å². The van der Waals surface area contributed by atoms with Crippen molar-refractivity contribution in [1.29, 1.82) is 0 Å². The molecule has 58 heavy (non-hydrogen) atoms. The number of aliphatic hydroxyl groups excluding tert-OH is 1. The molecule has 1 aromatic heterocycles. The number of ether oxygens (including phenoxy) is 5. The number of aliphatic imine (C=N–C) groups is 1. The van der Waals surface area contributed by atoms with E-state index in [0.29, 0.717) is 38.8 Å². The Labute approximate surface area is 343 Å². The zero-order valence-corrected chi connectivity index (χ0v) is 35.8. The number of esters is 1. The number of nitrogens with zero attached hydrogens (tertiary/aromatic N) is 4. The highest BCUT2D eigenvalue weighted by molar-refractivity contribution is 6.00. The van der Waals surface area contributed by atoms with Crippen LogP contribution in [-0.2, 0) is 33.3 Å². The lowest BCUT2D eigenvalue weighted by Crippen LogP contribution is -2.60. The number of Topliss-reactive ketones (excluding diaryl/α,β-unsaturated/α-hetero) is 1. The lowest BCUT2D eigenvalue weighted by atomic mass is 9.73. The summed E-state index contributed by atoms with van der Waals surface area (Å²) in [4.78, 5) is 55.6. The Morgan fingerprint density at radius 3 is 2.53 bits per heavy atom. The number of hydrogen-bond donors (Lipinski definition) is 1. The summed E-state index contributed by atoms with van der Waals surface area (Å²) in [7, 11) is 3.80. The van der Waals surface area contributed by atoms with Crippen LogP contribution in [-0.4, -0.2) is 131 Å². The van der Waals surface area contributed by atoms with Crippen LogP contribution < -0.4 is 0 Å². The Hall–Kier alpha value is -3.93. The molecule has 13 nitrogen and oxygen atoms in total. The lowest BCUT2D eigenvalue weighted by molar-refractivity contribution is -0.296. The molecule has 13 atom stereocenters. The number of carbonyl (C=O) groups is 3. The molecule has 4 aliphatic rings. The Morgan fingerprint density at radius 2 is 1.81 bits per heavy atom. The third-order valence-corrected chi connectivity index (χ3v) is 12.8. The van der Waals surface area contributed by atoms with Crippen molar-refractivity contribution in [2.75, 3.05) is 33.8 Å². The fourth-order valence-corrected chi connectivity index (χ4v) is 9.84. The van der Waals surface area contributed by atoms with Crippen molar-refractivity contribution in [2.24, 2.45) is 28.7 Å². The van der Waals surface area contributed by atoms with Crippen LogP contribution in [0.5, 0.6) is 0 Å². The molecule has 0 spiro atoms. The fraction of sp³-hybridized carbons (Fsp3) is 0.667. The first-order valence-electron chi connectivity index (χ1n) is 20.9. The second-order valence-corrected chi connectivity index (χ2v) is 17.5. The van der Waals surface area contributed by atoms with Crippen molar-refractivity contribution in [2.45, 2.75) is 135 Å². The summed E-state index contributed by atoms with van der Waals surface area (Å²) in [6.45, 7) is 15.7. The van der Waals surface area contributed by atoms with Gasteiger partial charge in [-0.05, 0) is 79.1 Å². The first kappa shape index (κ1) is 43.6. The van der Waals surface area contributed by atoms with Gasteiger partial charge in [-0.15, -0.1) is 0 Å². The van der Waals surface area contributed by atoms with Gasteiger partial charge in [0.15, 0.2) is 17.7 Å². The first-order valence-corrected chi connectivity index (χ1v) is 20.9. The molecule has 4 aliphatic heterocycles. The topological polar surface area (TPSA) is 149 Å². The molecule has 1 aromatic carbocycles. The van der Waals surface area contributed by atoms with Gasteiger partial charge in [-0.2, -0.15) is 0 Å². The number of aromatic nitrogens is 1. The van der Waals surface area contributed by atoms with Crippen LogP contribution in [0.15, 0.2) is 41.5 Å². The van der Waals surface area contributed by atoms with Gasteiger partial charge in [0.05, 0.1) is 35.9 Å². The summed E-state index contributed by atoms with van der Waals surface area (Å²) in [5, 5.41) is 12.7. The molecule has 2 bridgehead atoms. The molecule has 13 heteroatoms. The number of hydrogen-bond acceptors (Lipinski definition) is 12. The Morgan fingerprint density at radius 1 is 1.07 bits per heavy atom. The monoisotopic (exact) mass is 802 g/mol. The summed E-state index contributed by atoms with van der Waals surface area (Å²) in [5.41, 5.74) is 0.00849. The van der Waals surface area contributed by atoms with Gasteiger partial charge in [-0.25, -0.2) is 4.79 Å². The molecule has 1 unspecified atom stereocenters. The van der Waals surface area contributed by atoms with E-state index in [0.717, 1.165) is 22.2 Å². The summed E-state index contributed by atoms with van der Waals surface area (Å²) >= 11 is 0. The number of para-hydroxylation sites is 1. The molecular weight excluding hydrogens is 741 g/mol. The van der Waals surface area contributed by atoms with E-state index in [2.05, 4.69) is 23.7 Å². The number of amides is 1. The minimum Gasteiger partial charge on any atom is -0.457 e. The van der Waals surface area contributed by atoms with Gasteiger partial charge in [-0.1, -0.05) is 64.2 Å². The number of fused-ring (bicyclic) bond motifs is 2. The standard InChI is InChI=1S/C45H62N4O9/c1-11-15-35-45(8)39-28(4)36(46-19-20-49(39)43(53)58-45)26(2)24-44(7,54-21-14-16-31-23-32-17-12-13-18-33(32)47-25-31)40(29(5)37(50)30(6)41(52)56-35)57-42-38(51)34(48(9)10)22-27(3)55-42/h12-13,17-18,23,25-30,34-35,38-40,42,51H,11,15,19-22,24H2,1-10H3/t26-,27+,28-,29+,30-,34-,35+,38?,39-,40-,42-,44+,45-/m1/s1. The number of likely N-dealkylation sites (N-methyl/N-ethyl adjacent to an activating group) is 1. The molecule has 6 rings (SSSR count). The summed E-state index contributed by atoms with van der Waals surface area (Å²) < 4.78 is 32.4. The summed E-state index contributed by atoms with van der Waals surface area (Å²) in [6, 6.07) is 9.04. The average molecular weight is 803 g/mol. The zero-order valence-electron chi connectivity index (χ0n) is 35.8. The normalized spacial score (nSPS) is 37.3. The number of benzene rings is 1.